The zero-order valence-electron chi connectivity index (χ0n) is 16.3. The number of guanidine groups is 1. The topological polar surface area (TPSA) is 67.1 Å². The van der Waals surface area contributed by atoms with Crippen molar-refractivity contribution in [1.82, 2.24) is 25.4 Å². The molecule has 3 rings (SSSR count). The molecule has 3 aromatic rings. The predicted molar refractivity (Wildman–Crippen MR) is 112 cm³/mol. The smallest absolute Gasteiger partial charge is 0.191 e. The van der Waals surface area contributed by atoms with Crippen LogP contribution in [0.15, 0.2) is 46.9 Å². The summed E-state index contributed by atoms with van der Waals surface area (Å²) in [6.07, 6.45) is 2.63. The van der Waals surface area contributed by atoms with Gasteiger partial charge in [-0.3, -0.25) is 4.99 Å². The molecule has 0 fully saturated rings. The second kappa shape index (κ2) is 9.45. The Morgan fingerprint density at radius 3 is 2.68 bits per heavy atom. The summed E-state index contributed by atoms with van der Waals surface area (Å²) in [5.41, 5.74) is 2.91. The average Bonchev–Trinajstić information content (AvgIpc) is 3.35. The molecule has 2 aromatic heterocycles. The molecule has 0 aliphatic heterocycles. The van der Waals surface area contributed by atoms with E-state index in [1.54, 1.807) is 35.2 Å². The van der Waals surface area contributed by atoms with Crippen molar-refractivity contribution in [2.75, 3.05) is 13.6 Å². The quantitative estimate of drug-likeness (QED) is 0.471. The van der Waals surface area contributed by atoms with Crippen LogP contribution in [0.2, 0.25) is 0 Å². The minimum Gasteiger partial charge on any atom is -0.356 e. The maximum absolute atomic E-state index is 13.0. The molecule has 2 heterocycles. The Bertz CT molecular complexity index is 913. The summed E-state index contributed by atoms with van der Waals surface area (Å²) in [6.45, 7) is 5.64. The predicted octanol–water partition coefficient (Wildman–Crippen LogP) is 3.50. The van der Waals surface area contributed by atoms with Crippen molar-refractivity contribution in [3.05, 3.63) is 64.1 Å². The molecule has 0 saturated heterocycles. The van der Waals surface area contributed by atoms with Gasteiger partial charge < -0.3 is 10.6 Å². The van der Waals surface area contributed by atoms with Crippen LogP contribution >= 0.6 is 11.3 Å². The molecule has 6 nitrogen and oxygen atoms in total. The van der Waals surface area contributed by atoms with Crippen molar-refractivity contribution in [1.29, 1.82) is 0 Å². The Morgan fingerprint density at radius 1 is 1.21 bits per heavy atom. The summed E-state index contributed by atoms with van der Waals surface area (Å²) in [5.74, 6) is 0.925. The molecule has 148 valence electrons. The molecule has 28 heavy (non-hydrogen) atoms. The fourth-order valence-corrected chi connectivity index (χ4v) is 3.49. The lowest BCUT2D eigenvalue weighted by molar-refractivity contribution is 0.627. The lowest BCUT2D eigenvalue weighted by Crippen LogP contribution is -2.37. The number of thiazole rings is 1. The van der Waals surface area contributed by atoms with Gasteiger partial charge in [-0.1, -0.05) is 13.8 Å². The molecule has 0 aliphatic rings. The van der Waals surface area contributed by atoms with Gasteiger partial charge in [0.15, 0.2) is 5.96 Å². The highest BCUT2D eigenvalue weighted by Crippen LogP contribution is 2.17. The van der Waals surface area contributed by atoms with Gasteiger partial charge in [0.25, 0.3) is 0 Å². The lowest BCUT2D eigenvalue weighted by atomic mass is 10.2. The highest BCUT2D eigenvalue weighted by Gasteiger charge is 2.07. The molecule has 2 N–H and O–H groups in total. The standard InChI is InChI=1S/C20H25FN6S/c1-14(2)18-13-28-19(25-18)12-24-20(22-3)23-10-8-16-9-11-27(26-16)17-6-4-15(21)5-7-17/h4-7,9,11,13-14H,8,10,12H2,1-3H3,(H2,22,23,24). The van der Waals surface area contributed by atoms with Crippen LogP contribution < -0.4 is 10.6 Å². The van der Waals surface area contributed by atoms with Crippen LogP contribution in [0.1, 0.15) is 36.2 Å². The van der Waals surface area contributed by atoms with Gasteiger partial charge in [-0.15, -0.1) is 11.3 Å². The van der Waals surface area contributed by atoms with Crippen molar-refractivity contribution in [3.8, 4) is 5.69 Å². The number of nitrogens with zero attached hydrogens (tertiary/aromatic N) is 4. The molecule has 0 unspecified atom stereocenters. The van der Waals surface area contributed by atoms with Gasteiger partial charge in [-0.05, 0) is 36.2 Å². The van der Waals surface area contributed by atoms with Crippen LogP contribution in [0.5, 0.6) is 0 Å². The van der Waals surface area contributed by atoms with E-state index in [0.29, 0.717) is 19.0 Å². The zero-order valence-corrected chi connectivity index (χ0v) is 17.1. The largest absolute Gasteiger partial charge is 0.356 e. The van der Waals surface area contributed by atoms with Crippen molar-refractivity contribution in [3.63, 3.8) is 0 Å². The zero-order chi connectivity index (χ0) is 19.9. The highest BCUT2D eigenvalue weighted by atomic mass is 32.1. The second-order valence-corrected chi connectivity index (χ2v) is 7.59. The molecule has 0 spiro atoms. The third kappa shape index (κ3) is 5.39. The third-order valence-electron chi connectivity index (χ3n) is 4.20. The number of aliphatic imine (C=N–C) groups is 1. The molecule has 0 bridgehead atoms. The van der Waals surface area contributed by atoms with Gasteiger partial charge in [0.05, 0.1) is 23.6 Å². The van der Waals surface area contributed by atoms with Crippen molar-refractivity contribution >= 4 is 17.3 Å². The minimum atomic E-state index is -0.252. The maximum Gasteiger partial charge on any atom is 0.191 e. The Hall–Kier alpha value is -2.74. The van der Waals surface area contributed by atoms with Crippen LogP contribution in [0, 0.1) is 5.82 Å². The van der Waals surface area contributed by atoms with E-state index in [9.17, 15) is 4.39 Å². The first kappa shape index (κ1) is 20.0. The summed E-state index contributed by atoms with van der Waals surface area (Å²) < 4.78 is 14.8. The third-order valence-corrected chi connectivity index (χ3v) is 5.07. The Balaban J connectivity index is 1.46. The number of hydrogen-bond donors (Lipinski definition) is 2. The maximum atomic E-state index is 13.0. The molecule has 0 atom stereocenters. The van der Waals surface area contributed by atoms with Crippen LogP contribution in [-0.2, 0) is 13.0 Å². The Morgan fingerprint density at radius 2 is 2.00 bits per heavy atom. The van der Waals surface area contributed by atoms with E-state index in [-0.39, 0.29) is 5.82 Å². The van der Waals surface area contributed by atoms with Gasteiger partial charge >= 0.3 is 0 Å². The van der Waals surface area contributed by atoms with Gasteiger partial charge in [-0.2, -0.15) is 5.10 Å². The van der Waals surface area contributed by atoms with Crippen molar-refractivity contribution in [2.45, 2.75) is 32.7 Å². The number of rotatable bonds is 7. The van der Waals surface area contributed by atoms with Crippen molar-refractivity contribution < 1.29 is 4.39 Å². The molecule has 0 aliphatic carbocycles. The van der Waals surface area contributed by atoms with Crippen LogP contribution in [0.25, 0.3) is 5.69 Å². The SMILES string of the molecule is CN=C(NCCc1ccn(-c2ccc(F)cc2)n1)NCc1nc(C(C)C)cs1. The van der Waals surface area contributed by atoms with Gasteiger partial charge in [-0.25, -0.2) is 14.1 Å². The van der Waals surface area contributed by atoms with E-state index >= 15 is 0 Å². The first-order valence-corrected chi connectivity index (χ1v) is 10.1. The summed E-state index contributed by atoms with van der Waals surface area (Å²) in [4.78, 5) is 8.87. The fourth-order valence-electron chi connectivity index (χ4n) is 2.59. The van der Waals surface area contributed by atoms with E-state index in [0.717, 1.165) is 34.5 Å². The van der Waals surface area contributed by atoms with E-state index in [1.807, 2.05) is 12.3 Å². The first-order valence-electron chi connectivity index (χ1n) is 9.24. The molecule has 0 saturated carbocycles. The Labute approximate surface area is 168 Å². The van der Waals surface area contributed by atoms with Crippen LogP contribution in [0.3, 0.4) is 0 Å². The number of hydrogen-bond acceptors (Lipinski definition) is 4. The Kier molecular flexibility index (Phi) is 6.76. The summed E-state index contributed by atoms with van der Waals surface area (Å²) >= 11 is 1.66. The van der Waals surface area contributed by atoms with Crippen LogP contribution in [-0.4, -0.2) is 34.3 Å². The second-order valence-electron chi connectivity index (χ2n) is 6.65. The van der Waals surface area contributed by atoms with Gasteiger partial charge in [0.1, 0.15) is 10.8 Å². The number of benzene rings is 1. The first-order chi connectivity index (χ1) is 13.5. The molecular formula is C20H25FN6S. The monoisotopic (exact) mass is 400 g/mol. The summed E-state index contributed by atoms with van der Waals surface area (Å²) in [5, 5.41) is 14.3. The molecule has 1 aromatic carbocycles. The van der Waals surface area contributed by atoms with E-state index in [2.05, 4.69) is 44.9 Å². The normalized spacial score (nSPS) is 11.8. The van der Waals surface area contributed by atoms with Crippen molar-refractivity contribution in [2.24, 2.45) is 4.99 Å². The number of nitrogens with one attached hydrogen (secondary N) is 2. The summed E-state index contributed by atoms with van der Waals surface area (Å²) in [6, 6.07) is 8.24. The number of halogens is 1. The summed E-state index contributed by atoms with van der Waals surface area (Å²) in [7, 11) is 1.75. The van der Waals surface area contributed by atoms with Crippen LogP contribution in [0.4, 0.5) is 4.39 Å². The fraction of sp³-hybridized carbons (Fsp3) is 0.350. The molecular weight excluding hydrogens is 375 g/mol. The van der Waals surface area contributed by atoms with Gasteiger partial charge in [0, 0.05) is 31.6 Å². The lowest BCUT2D eigenvalue weighted by Gasteiger charge is -2.10. The molecule has 0 radical (unpaired) electrons. The molecule has 0 amide bonds. The average molecular weight is 401 g/mol. The highest BCUT2D eigenvalue weighted by molar-refractivity contribution is 7.09. The number of aromatic nitrogens is 3. The van der Waals surface area contributed by atoms with E-state index in [1.165, 1.54) is 12.1 Å². The van der Waals surface area contributed by atoms with Gasteiger partial charge in [0.2, 0.25) is 0 Å². The van der Waals surface area contributed by atoms with E-state index in [4.69, 9.17) is 0 Å². The van der Waals surface area contributed by atoms with E-state index < -0.39 is 0 Å². The molecule has 8 heteroatoms. The minimum absolute atomic E-state index is 0.252.